The Morgan fingerprint density at radius 3 is 2.44 bits per heavy atom. The molecule has 13 heteroatoms. The second-order valence-corrected chi connectivity index (χ2v) is 12.1. The van der Waals surface area contributed by atoms with Crippen LogP contribution in [0.2, 0.25) is 0 Å². The monoisotopic (exact) mass is 613 g/mol. The Morgan fingerprint density at radius 1 is 1.00 bits per heavy atom. The van der Waals surface area contributed by atoms with Crippen LogP contribution in [0.4, 0.5) is 23.7 Å². The molecule has 2 heterocycles. The van der Waals surface area contributed by atoms with Crippen LogP contribution in [0.25, 0.3) is 10.9 Å². The molecule has 3 N–H and O–H groups in total. The molecule has 1 aromatic heterocycles. The van der Waals surface area contributed by atoms with Gasteiger partial charge in [0.2, 0.25) is 15.9 Å². The molecule has 0 bridgehead atoms. The number of aromatic nitrogens is 1. The van der Waals surface area contributed by atoms with Crippen LogP contribution in [-0.4, -0.2) is 66.9 Å². The number of benzene rings is 3. The summed E-state index contributed by atoms with van der Waals surface area (Å²) in [5.74, 6) is -0.546. The average Bonchev–Trinajstić information content (AvgIpc) is 3.39. The zero-order valence-corrected chi connectivity index (χ0v) is 24.0. The Morgan fingerprint density at radius 2 is 1.72 bits per heavy atom. The number of anilines is 1. The first-order valence-corrected chi connectivity index (χ1v) is 15.1. The van der Waals surface area contributed by atoms with E-state index in [1.807, 2.05) is 30.3 Å². The van der Waals surface area contributed by atoms with Gasteiger partial charge < -0.3 is 20.1 Å². The smallest absolute Gasteiger partial charge is 0.361 e. The summed E-state index contributed by atoms with van der Waals surface area (Å²) in [4.78, 5) is 32.4. The van der Waals surface area contributed by atoms with E-state index in [0.29, 0.717) is 17.3 Å². The zero-order valence-electron chi connectivity index (χ0n) is 23.1. The molecule has 1 saturated heterocycles. The van der Waals surface area contributed by atoms with Gasteiger partial charge in [0, 0.05) is 48.5 Å². The Bertz CT molecular complexity index is 1730. The number of amides is 3. The molecule has 0 spiro atoms. The highest BCUT2D eigenvalue weighted by molar-refractivity contribution is 7.89. The van der Waals surface area contributed by atoms with Crippen molar-refractivity contribution in [3.63, 3.8) is 0 Å². The zero-order chi connectivity index (χ0) is 30.8. The molecule has 3 amide bonds. The number of carbonyl (C=O) groups excluding carboxylic acids is 2. The van der Waals surface area contributed by atoms with E-state index >= 15 is 0 Å². The molecule has 4 aromatic rings. The van der Waals surface area contributed by atoms with E-state index in [0.717, 1.165) is 29.1 Å². The molecule has 1 aliphatic rings. The number of hydrogen-bond donors (Lipinski definition) is 3. The second-order valence-electron chi connectivity index (χ2n) is 10.4. The molecule has 43 heavy (non-hydrogen) atoms. The summed E-state index contributed by atoms with van der Waals surface area (Å²) < 4.78 is 69.1. The van der Waals surface area contributed by atoms with E-state index < -0.39 is 44.6 Å². The van der Waals surface area contributed by atoms with Crippen molar-refractivity contribution in [3.8, 4) is 0 Å². The van der Waals surface area contributed by atoms with Crippen LogP contribution in [0.3, 0.4) is 0 Å². The molecule has 1 aliphatic heterocycles. The summed E-state index contributed by atoms with van der Waals surface area (Å²) in [6.07, 6.45) is -3.12. The number of fused-ring (bicyclic) bond motifs is 1. The number of hydrogen-bond acceptors (Lipinski definition) is 4. The highest BCUT2D eigenvalue weighted by atomic mass is 32.2. The third kappa shape index (κ3) is 6.83. The summed E-state index contributed by atoms with van der Waals surface area (Å²) in [5.41, 5.74) is 0.959. The number of H-pyrrole nitrogens is 1. The maximum absolute atomic E-state index is 13.9. The number of aromatic amines is 1. The van der Waals surface area contributed by atoms with Crippen LogP contribution in [0.5, 0.6) is 0 Å². The molecular weight excluding hydrogens is 583 g/mol. The van der Waals surface area contributed by atoms with Crippen LogP contribution in [0, 0.1) is 0 Å². The fourth-order valence-corrected chi connectivity index (χ4v) is 6.43. The first kappa shape index (κ1) is 30.1. The number of para-hydroxylation sites is 2. The van der Waals surface area contributed by atoms with E-state index in [1.54, 1.807) is 42.3 Å². The maximum atomic E-state index is 13.9. The van der Waals surface area contributed by atoms with E-state index in [4.69, 9.17) is 0 Å². The number of piperazine rings is 1. The summed E-state index contributed by atoms with van der Waals surface area (Å²) in [5, 5.41) is 3.61. The molecular formula is C30H30F3N5O4S. The molecule has 1 fully saturated rings. The fraction of sp³-hybridized carbons (Fsp3) is 0.267. The minimum atomic E-state index is -4.74. The van der Waals surface area contributed by atoms with Crippen molar-refractivity contribution < 1.29 is 31.2 Å². The van der Waals surface area contributed by atoms with Crippen molar-refractivity contribution in [1.82, 2.24) is 19.5 Å². The summed E-state index contributed by atoms with van der Waals surface area (Å²) >= 11 is 0. The van der Waals surface area contributed by atoms with Gasteiger partial charge in [-0.15, -0.1) is 0 Å². The lowest BCUT2D eigenvalue weighted by Crippen LogP contribution is -2.59. The van der Waals surface area contributed by atoms with Crippen LogP contribution >= 0.6 is 0 Å². The number of urea groups is 1. The summed E-state index contributed by atoms with van der Waals surface area (Å²) in [6, 6.07) is 17.6. The number of sulfonamides is 1. The summed E-state index contributed by atoms with van der Waals surface area (Å²) in [7, 11) is -4.54. The van der Waals surface area contributed by atoms with Crippen molar-refractivity contribution in [1.29, 1.82) is 0 Å². The van der Waals surface area contributed by atoms with Gasteiger partial charge in [0.15, 0.2) is 0 Å². The fourth-order valence-electron chi connectivity index (χ4n) is 5.19. The topological polar surface area (TPSA) is 115 Å². The van der Waals surface area contributed by atoms with Crippen LogP contribution in [-0.2, 0) is 27.4 Å². The van der Waals surface area contributed by atoms with Gasteiger partial charge in [-0.3, -0.25) is 4.79 Å². The number of alkyl halides is 3. The van der Waals surface area contributed by atoms with Gasteiger partial charge in [-0.1, -0.05) is 42.5 Å². The minimum Gasteiger partial charge on any atom is -0.361 e. The van der Waals surface area contributed by atoms with Gasteiger partial charge in [0.25, 0.3) is 0 Å². The second kappa shape index (κ2) is 12.1. The van der Waals surface area contributed by atoms with E-state index in [9.17, 15) is 31.2 Å². The van der Waals surface area contributed by atoms with Crippen molar-refractivity contribution in [2.75, 3.05) is 25.0 Å². The summed E-state index contributed by atoms with van der Waals surface area (Å²) in [6.45, 7) is 2.26. The van der Waals surface area contributed by atoms with E-state index in [1.165, 1.54) is 4.90 Å². The number of rotatable bonds is 7. The molecule has 0 aliphatic carbocycles. The molecule has 0 radical (unpaired) electrons. The number of nitrogens with zero attached hydrogens (tertiary/aromatic N) is 2. The Kier molecular flexibility index (Phi) is 8.47. The van der Waals surface area contributed by atoms with E-state index in [2.05, 4.69) is 15.0 Å². The third-order valence-corrected chi connectivity index (χ3v) is 8.86. The molecule has 0 saturated carbocycles. The molecule has 2 unspecified atom stereocenters. The minimum absolute atomic E-state index is 0.0515. The van der Waals surface area contributed by atoms with Crippen LogP contribution in [0.15, 0.2) is 90.0 Å². The Labute approximate surface area is 246 Å². The molecule has 226 valence electrons. The predicted octanol–water partition coefficient (Wildman–Crippen LogP) is 4.84. The largest absolute Gasteiger partial charge is 0.416 e. The first-order chi connectivity index (χ1) is 20.4. The van der Waals surface area contributed by atoms with Gasteiger partial charge in [-0.2, -0.15) is 17.9 Å². The third-order valence-electron chi connectivity index (χ3n) is 7.39. The van der Waals surface area contributed by atoms with Crippen LogP contribution < -0.4 is 10.0 Å². The first-order valence-electron chi connectivity index (χ1n) is 13.6. The molecule has 9 nitrogen and oxygen atoms in total. The quantitative estimate of drug-likeness (QED) is 0.277. The van der Waals surface area contributed by atoms with Crippen molar-refractivity contribution in [2.45, 2.75) is 36.5 Å². The van der Waals surface area contributed by atoms with Gasteiger partial charge in [0.1, 0.15) is 6.04 Å². The lowest BCUT2D eigenvalue weighted by molar-refractivity contribution is -0.138. The SMILES string of the molecule is CC1CN(C(=O)C(Cc2c[nH]c3ccccc23)NS(=O)(=O)c2cccc(C(F)(F)F)c2)CCN1C(=O)Nc1ccccc1. The lowest BCUT2D eigenvalue weighted by Gasteiger charge is -2.41. The highest BCUT2D eigenvalue weighted by Gasteiger charge is 2.36. The predicted molar refractivity (Wildman–Crippen MR) is 156 cm³/mol. The molecule has 3 aromatic carbocycles. The number of halogens is 3. The maximum Gasteiger partial charge on any atom is 0.416 e. The molecule has 5 rings (SSSR count). The Balaban J connectivity index is 1.38. The van der Waals surface area contributed by atoms with Gasteiger partial charge in [0.05, 0.1) is 10.5 Å². The average molecular weight is 614 g/mol. The van der Waals surface area contributed by atoms with E-state index in [-0.39, 0.29) is 32.1 Å². The highest BCUT2D eigenvalue weighted by Crippen LogP contribution is 2.31. The van der Waals surface area contributed by atoms with Gasteiger partial charge in [-0.05, 0) is 55.3 Å². The number of carbonyl (C=O) groups is 2. The van der Waals surface area contributed by atoms with Gasteiger partial charge >= 0.3 is 12.2 Å². The number of nitrogens with one attached hydrogen (secondary N) is 3. The van der Waals surface area contributed by atoms with Crippen molar-refractivity contribution >= 4 is 38.6 Å². The van der Waals surface area contributed by atoms with Gasteiger partial charge in [-0.25, -0.2) is 13.2 Å². The lowest BCUT2D eigenvalue weighted by atomic mass is 10.0. The van der Waals surface area contributed by atoms with Crippen molar-refractivity contribution in [2.24, 2.45) is 0 Å². The standard InChI is InChI=1S/C30H30F3N5O4S/c1-20-19-37(14-15-38(20)29(40)35-23-9-3-2-4-10-23)28(39)27(16-21-18-34-26-13-6-5-12-25(21)26)36-43(41,42)24-11-7-8-22(17-24)30(31,32)33/h2-13,17-18,20,27,34,36H,14-16,19H2,1H3,(H,35,40). The van der Waals surface area contributed by atoms with Crippen molar-refractivity contribution in [3.05, 3.63) is 96.2 Å². The Hall–Kier alpha value is -4.36. The normalized spacial score (nSPS) is 16.7. The molecule has 2 atom stereocenters. The van der Waals surface area contributed by atoms with Crippen LogP contribution in [0.1, 0.15) is 18.1 Å².